The molecule has 0 aliphatic rings. The highest BCUT2D eigenvalue weighted by molar-refractivity contribution is 5.66. The molecule has 0 fully saturated rings. The van der Waals surface area contributed by atoms with Crippen LogP contribution in [0.2, 0.25) is 0 Å². The minimum Gasteiger partial charge on any atom is -0.497 e. The summed E-state index contributed by atoms with van der Waals surface area (Å²) < 4.78 is 15.2. The first-order chi connectivity index (χ1) is 10.0. The van der Waals surface area contributed by atoms with Crippen LogP contribution in [0, 0.1) is 0 Å². The van der Waals surface area contributed by atoms with Crippen LogP contribution in [0.15, 0.2) is 24.3 Å². The van der Waals surface area contributed by atoms with Gasteiger partial charge in [-0.15, -0.1) is 0 Å². The van der Waals surface area contributed by atoms with Gasteiger partial charge in [0.2, 0.25) is 0 Å². The Kier molecular flexibility index (Phi) is 7.29. The van der Waals surface area contributed by atoms with Gasteiger partial charge >= 0.3 is 11.9 Å². The van der Waals surface area contributed by atoms with Gasteiger partial charge in [-0.2, -0.15) is 0 Å². The van der Waals surface area contributed by atoms with E-state index in [1.807, 2.05) is 24.3 Å². The lowest BCUT2D eigenvalue weighted by Gasteiger charge is -2.18. The fourth-order valence-corrected chi connectivity index (χ4v) is 2.06. The Morgan fingerprint density at radius 1 is 1.05 bits per heavy atom. The summed E-state index contributed by atoms with van der Waals surface area (Å²) in [7, 11) is 1.62. The second-order valence-corrected chi connectivity index (χ2v) is 4.73. The van der Waals surface area contributed by atoms with Gasteiger partial charge in [0.25, 0.3) is 0 Å². The van der Waals surface area contributed by atoms with Crippen molar-refractivity contribution in [3.63, 3.8) is 0 Å². The van der Waals surface area contributed by atoms with E-state index in [4.69, 9.17) is 14.2 Å². The van der Waals surface area contributed by atoms with E-state index < -0.39 is 0 Å². The molecule has 0 spiro atoms. The molecular formula is C16H22O5. The highest BCUT2D eigenvalue weighted by Crippen LogP contribution is 2.26. The second-order valence-electron chi connectivity index (χ2n) is 4.73. The van der Waals surface area contributed by atoms with Crippen molar-refractivity contribution in [1.82, 2.24) is 0 Å². The molecule has 0 aliphatic carbocycles. The normalized spacial score (nSPS) is 10.3. The number of carbonyl (C=O) groups is 2. The quantitative estimate of drug-likeness (QED) is 0.690. The third-order valence-corrected chi connectivity index (χ3v) is 3.11. The standard InChI is InChI=1S/C16H22O5/c1-12(17)20-9-7-14(8-10-21-13(2)18)15-5-4-6-16(11-15)19-3/h4-6,11,14H,7-10H2,1-3H3. The summed E-state index contributed by atoms with van der Waals surface area (Å²) in [6, 6.07) is 7.73. The number of rotatable bonds is 8. The Labute approximate surface area is 125 Å². The minimum absolute atomic E-state index is 0.138. The van der Waals surface area contributed by atoms with E-state index in [0.717, 1.165) is 11.3 Å². The molecule has 1 aromatic carbocycles. The van der Waals surface area contributed by atoms with Crippen LogP contribution in [0.3, 0.4) is 0 Å². The van der Waals surface area contributed by atoms with E-state index in [-0.39, 0.29) is 17.9 Å². The maximum Gasteiger partial charge on any atom is 0.302 e. The summed E-state index contributed by atoms with van der Waals surface area (Å²) in [6.45, 7) is 3.47. The van der Waals surface area contributed by atoms with Crippen LogP contribution in [0.4, 0.5) is 0 Å². The van der Waals surface area contributed by atoms with Gasteiger partial charge in [0, 0.05) is 13.8 Å². The molecule has 5 heteroatoms. The van der Waals surface area contributed by atoms with Crippen molar-refractivity contribution in [2.45, 2.75) is 32.6 Å². The van der Waals surface area contributed by atoms with Gasteiger partial charge in [-0.05, 0) is 36.5 Å². The van der Waals surface area contributed by atoms with Crippen LogP contribution in [-0.4, -0.2) is 32.3 Å². The predicted molar refractivity (Wildman–Crippen MR) is 78.2 cm³/mol. The van der Waals surface area contributed by atoms with E-state index in [2.05, 4.69) is 0 Å². The zero-order chi connectivity index (χ0) is 15.7. The summed E-state index contributed by atoms with van der Waals surface area (Å²) >= 11 is 0. The lowest BCUT2D eigenvalue weighted by molar-refractivity contribution is -0.141. The molecular weight excluding hydrogens is 272 g/mol. The molecule has 0 atom stereocenters. The number of benzene rings is 1. The van der Waals surface area contributed by atoms with Gasteiger partial charge in [-0.25, -0.2) is 0 Å². The van der Waals surface area contributed by atoms with Gasteiger partial charge in [-0.3, -0.25) is 9.59 Å². The van der Waals surface area contributed by atoms with Crippen LogP contribution >= 0.6 is 0 Å². The number of ether oxygens (including phenoxy) is 3. The van der Waals surface area contributed by atoms with E-state index in [1.54, 1.807) is 7.11 Å². The molecule has 0 radical (unpaired) electrons. The Morgan fingerprint density at radius 3 is 2.10 bits per heavy atom. The average Bonchev–Trinajstić information content (AvgIpc) is 2.45. The van der Waals surface area contributed by atoms with Gasteiger partial charge in [0.1, 0.15) is 5.75 Å². The summed E-state index contributed by atoms with van der Waals surface area (Å²) in [4.78, 5) is 21.7. The summed E-state index contributed by atoms with van der Waals surface area (Å²) in [6.07, 6.45) is 1.35. The van der Waals surface area contributed by atoms with E-state index in [9.17, 15) is 9.59 Å². The Morgan fingerprint density at radius 2 is 1.62 bits per heavy atom. The maximum absolute atomic E-state index is 10.9. The molecule has 0 N–H and O–H groups in total. The van der Waals surface area contributed by atoms with Crippen molar-refractivity contribution in [1.29, 1.82) is 0 Å². The van der Waals surface area contributed by atoms with Gasteiger partial charge in [0.05, 0.1) is 20.3 Å². The number of methoxy groups -OCH3 is 1. The van der Waals surface area contributed by atoms with E-state index in [1.165, 1.54) is 13.8 Å². The highest BCUT2D eigenvalue weighted by atomic mass is 16.5. The third kappa shape index (κ3) is 6.79. The molecule has 0 bridgehead atoms. The van der Waals surface area contributed by atoms with Crippen molar-refractivity contribution >= 4 is 11.9 Å². The molecule has 0 unspecified atom stereocenters. The van der Waals surface area contributed by atoms with E-state index in [0.29, 0.717) is 26.1 Å². The molecule has 1 rings (SSSR count). The molecule has 0 saturated carbocycles. The zero-order valence-electron chi connectivity index (χ0n) is 12.8. The summed E-state index contributed by atoms with van der Waals surface area (Å²) in [5.74, 6) is 0.329. The summed E-state index contributed by atoms with van der Waals surface area (Å²) in [5, 5.41) is 0. The number of hydrogen-bond acceptors (Lipinski definition) is 5. The third-order valence-electron chi connectivity index (χ3n) is 3.11. The molecule has 1 aromatic rings. The first kappa shape index (κ1) is 17.0. The maximum atomic E-state index is 10.9. The lowest BCUT2D eigenvalue weighted by Crippen LogP contribution is -2.11. The van der Waals surface area contributed by atoms with Crippen molar-refractivity contribution < 1.29 is 23.8 Å². The SMILES string of the molecule is COc1cccc(C(CCOC(C)=O)CCOC(C)=O)c1. The predicted octanol–water partition coefficient (Wildman–Crippen LogP) is 2.69. The molecule has 0 amide bonds. The van der Waals surface area contributed by atoms with Crippen molar-refractivity contribution in [2.75, 3.05) is 20.3 Å². The van der Waals surface area contributed by atoms with Crippen LogP contribution in [0.5, 0.6) is 5.75 Å². The molecule has 0 saturated heterocycles. The Hall–Kier alpha value is -2.04. The fraction of sp³-hybridized carbons (Fsp3) is 0.500. The van der Waals surface area contributed by atoms with Crippen molar-refractivity contribution in [3.05, 3.63) is 29.8 Å². The average molecular weight is 294 g/mol. The van der Waals surface area contributed by atoms with Crippen LogP contribution in [0.1, 0.15) is 38.2 Å². The molecule has 0 aromatic heterocycles. The monoisotopic (exact) mass is 294 g/mol. The number of hydrogen-bond donors (Lipinski definition) is 0. The lowest BCUT2D eigenvalue weighted by atomic mass is 9.93. The number of esters is 2. The van der Waals surface area contributed by atoms with E-state index >= 15 is 0 Å². The molecule has 21 heavy (non-hydrogen) atoms. The van der Waals surface area contributed by atoms with Crippen LogP contribution in [0.25, 0.3) is 0 Å². The van der Waals surface area contributed by atoms with Crippen molar-refractivity contribution in [2.24, 2.45) is 0 Å². The topological polar surface area (TPSA) is 61.8 Å². The van der Waals surface area contributed by atoms with Crippen LogP contribution in [-0.2, 0) is 19.1 Å². The molecule has 0 heterocycles. The minimum atomic E-state index is -0.292. The first-order valence-corrected chi connectivity index (χ1v) is 6.93. The van der Waals surface area contributed by atoms with Gasteiger partial charge in [0.15, 0.2) is 0 Å². The Balaban J connectivity index is 2.68. The molecule has 116 valence electrons. The molecule has 0 aliphatic heterocycles. The smallest absolute Gasteiger partial charge is 0.302 e. The largest absolute Gasteiger partial charge is 0.497 e. The van der Waals surface area contributed by atoms with Gasteiger partial charge < -0.3 is 14.2 Å². The highest BCUT2D eigenvalue weighted by Gasteiger charge is 2.14. The fourth-order valence-electron chi connectivity index (χ4n) is 2.06. The zero-order valence-corrected chi connectivity index (χ0v) is 12.8. The van der Waals surface area contributed by atoms with Gasteiger partial charge in [-0.1, -0.05) is 12.1 Å². The first-order valence-electron chi connectivity index (χ1n) is 6.93. The van der Waals surface area contributed by atoms with Crippen LogP contribution < -0.4 is 4.74 Å². The molecule has 5 nitrogen and oxygen atoms in total. The number of carbonyl (C=O) groups excluding carboxylic acids is 2. The Bertz CT molecular complexity index is 449. The second kappa shape index (κ2) is 9.00. The summed E-state index contributed by atoms with van der Waals surface area (Å²) in [5.41, 5.74) is 1.08. The van der Waals surface area contributed by atoms with Crippen molar-refractivity contribution in [3.8, 4) is 5.75 Å².